The zero-order valence-corrected chi connectivity index (χ0v) is 30.5. The van der Waals surface area contributed by atoms with Crippen molar-refractivity contribution in [1.82, 2.24) is 5.32 Å². The molecule has 2 aromatic rings. The van der Waals surface area contributed by atoms with E-state index in [1.165, 1.54) is 75.5 Å². The van der Waals surface area contributed by atoms with Crippen molar-refractivity contribution >= 4 is 23.7 Å². The number of pyridine rings is 1. The van der Waals surface area contributed by atoms with Gasteiger partial charge < -0.3 is 37.4 Å². The molecular weight excluding hydrogens is 638 g/mol. The van der Waals surface area contributed by atoms with Gasteiger partial charge in [0.25, 0.3) is 0 Å². The Morgan fingerprint density at radius 2 is 1.35 bits per heavy atom. The van der Waals surface area contributed by atoms with Gasteiger partial charge in [-0.2, -0.15) is 0 Å². The molecule has 0 aliphatic rings. The van der Waals surface area contributed by atoms with Gasteiger partial charge >= 0.3 is 0 Å². The summed E-state index contributed by atoms with van der Waals surface area (Å²) >= 11 is 0. The molecule has 46 heavy (non-hydrogen) atoms. The number of aromatic nitrogens is 1. The fourth-order valence-corrected chi connectivity index (χ4v) is 5.38. The summed E-state index contributed by atoms with van der Waals surface area (Å²) in [5.41, 5.74) is 3.52. The van der Waals surface area contributed by atoms with Gasteiger partial charge in [0.1, 0.15) is 6.54 Å². The van der Waals surface area contributed by atoms with Crippen LogP contribution in [0.1, 0.15) is 121 Å². The number of allylic oxidation sites excluding steroid dienone is 1. The maximum Gasteiger partial charge on any atom is 0.220 e. The van der Waals surface area contributed by atoms with Crippen LogP contribution in [0.2, 0.25) is 0 Å². The third-order valence-electron chi connectivity index (χ3n) is 8.38. The number of aliphatic hydroxyl groups is 2. The van der Waals surface area contributed by atoms with Crippen LogP contribution in [0.15, 0.2) is 60.9 Å². The molecular formula is C39H62BrN3O3. The highest BCUT2D eigenvalue weighted by Gasteiger charge is 2.18. The molecule has 2 atom stereocenters. The molecule has 1 aromatic carbocycles. The van der Waals surface area contributed by atoms with Crippen LogP contribution in [-0.2, 0) is 11.3 Å². The summed E-state index contributed by atoms with van der Waals surface area (Å²) in [6.07, 6.45) is 29.8. The topological polar surface area (TPSA) is 76.7 Å². The molecule has 6 nitrogen and oxygen atoms in total. The first kappa shape index (κ1) is 41.5. The highest BCUT2D eigenvalue weighted by Crippen LogP contribution is 2.15. The van der Waals surface area contributed by atoms with E-state index in [0.717, 1.165) is 44.2 Å². The van der Waals surface area contributed by atoms with Crippen LogP contribution >= 0.6 is 0 Å². The van der Waals surface area contributed by atoms with Gasteiger partial charge in [-0.05, 0) is 48.9 Å². The summed E-state index contributed by atoms with van der Waals surface area (Å²) in [7, 11) is 4.09. The average Bonchev–Trinajstić information content (AvgIpc) is 3.05. The Morgan fingerprint density at radius 1 is 0.804 bits per heavy atom. The Balaban J connectivity index is 0.0000106. The van der Waals surface area contributed by atoms with Crippen molar-refractivity contribution in [3.8, 4) is 0 Å². The zero-order valence-electron chi connectivity index (χ0n) is 28.9. The summed E-state index contributed by atoms with van der Waals surface area (Å²) in [6.45, 7) is 2.88. The minimum absolute atomic E-state index is 0. The molecule has 0 aliphatic carbocycles. The maximum absolute atomic E-state index is 12.4. The first-order valence-electron chi connectivity index (χ1n) is 17.6. The van der Waals surface area contributed by atoms with E-state index in [4.69, 9.17) is 0 Å². The Morgan fingerprint density at radius 3 is 1.91 bits per heavy atom. The number of hydrogen-bond acceptors (Lipinski definition) is 4. The van der Waals surface area contributed by atoms with Crippen LogP contribution < -0.4 is 31.8 Å². The van der Waals surface area contributed by atoms with Gasteiger partial charge in [-0.15, -0.1) is 0 Å². The quantitative estimate of drug-likeness (QED) is 0.0786. The smallest absolute Gasteiger partial charge is 0.220 e. The number of nitrogens with zero attached hydrogens (tertiary/aromatic N) is 2. The van der Waals surface area contributed by atoms with E-state index < -0.39 is 12.1 Å². The molecule has 0 radical (unpaired) electrons. The van der Waals surface area contributed by atoms with Crippen molar-refractivity contribution in [1.29, 1.82) is 0 Å². The highest BCUT2D eigenvalue weighted by molar-refractivity contribution is 5.76. The standard InChI is InChI=1S/C39H61N3O3.BrH/c1-4-5-6-7-8-9-10-11-12-13-14-15-17-20-38(44)37(33-43)40-39(45)21-18-16-19-30-42-31-28-35(29-32-42)23-22-34-24-26-36(27-25-34)41(2)3;/h17,20,22-29,31-32,37-38,43-44H,4-16,18-19,21,30,33H2,1-3H3;1H/b20-17+;/t37-,38+;/m0./s1. The van der Waals surface area contributed by atoms with Crippen LogP contribution in [0.3, 0.4) is 0 Å². The monoisotopic (exact) mass is 699 g/mol. The van der Waals surface area contributed by atoms with E-state index >= 15 is 0 Å². The van der Waals surface area contributed by atoms with E-state index in [1.54, 1.807) is 6.08 Å². The molecule has 0 saturated heterocycles. The molecule has 0 saturated carbocycles. The van der Waals surface area contributed by atoms with Gasteiger partial charge in [0.2, 0.25) is 5.91 Å². The molecule has 3 N–H and O–H groups in total. The molecule has 0 spiro atoms. The highest BCUT2D eigenvalue weighted by atomic mass is 79.9. The number of aryl methyl sites for hydroxylation is 1. The fraction of sp³-hybridized carbons (Fsp3) is 0.590. The molecule has 258 valence electrons. The first-order chi connectivity index (χ1) is 21.9. The summed E-state index contributed by atoms with van der Waals surface area (Å²) in [6, 6.07) is 12.1. The minimum Gasteiger partial charge on any atom is -1.00 e. The fourth-order valence-electron chi connectivity index (χ4n) is 5.38. The number of benzene rings is 1. The number of carbonyl (C=O) groups is 1. The lowest BCUT2D eigenvalue weighted by atomic mass is 10.0. The number of halogens is 1. The van der Waals surface area contributed by atoms with Gasteiger partial charge in [-0.1, -0.05) is 108 Å². The molecule has 2 rings (SSSR count). The number of hydrogen-bond donors (Lipinski definition) is 3. The lowest BCUT2D eigenvalue weighted by Gasteiger charge is -2.19. The summed E-state index contributed by atoms with van der Waals surface area (Å²) in [5, 5.41) is 23.0. The molecule has 7 heteroatoms. The molecule has 0 aliphatic heterocycles. The van der Waals surface area contributed by atoms with Gasteiger partial charge in [0, 0.05) is 44.8 Å². The van der Waals surface area contributed by atoms with Crippen molar-refractivity contribution in [2.24, 2.45) is 0 Å². The maximum atomic E-state index is 12.4. The molecule has 0 bridgehead atoms. The van der Waals surface area contributed by atoms with Gasteiger partial charge in [0.15, 0.2) is 12.4 Å². The van der Waals surface area contributed by atoms with Gasteiger partial charge in [-0.25, -0.2) is 4.57 Å². The van der Waals surface area contributed by atoms with Crippen LogP contribution in [0.25, 0.3) is 12.2 Å². The predicted octanol–water partition coefficient (Wildman–Crippen LogP) is 4.87. The van der Waals surface area contributed by atoms with E-state index in [9.17, 15) is 15.0 Å². The van der Waals surface area contributed by atoms with Gasteiger partial charge in [-0.3, -0.25) is 4.79 Å². The molecule has 1 heterocycles. The van der Waals surface area contributed by atoms with E-state index in [-0.39, 0.29) is 29.5 Å². The van der Waals surface area contributed by atoms with E-state index in [1.807, 2.05) is 20.2 Å². The molecule has 1 amide bonds. The summed E-state index contributed by atoms with van der Waals surface area (Å²) < 4.78 is 2.17. The second-order valence-corrected chi connectivity index (χ2v) is 12.6. The van der Waals surface area contributed by atoms with Crippen molar-refractivity contribution in [2.75, 3.05) is 25.6 Å². The second kappa shape index (κ2) is 26.6. The van der Waals surface area contributed by atoms with Crippen molar-refractivity contribution in [2.45, 2.75) is 128 Å². The molecule has 0 fully saturated rings. The summed E-state index contributed by atoms with van der Waals surface area (Å²) in [4.78, 5) is 14.5. The number of unbranched alkanes of at least 4 members (excludes halogenated alkanes) is 13. The zero-order chi connectivity index (χ0) is 32.5. The van der Waals surface area contributed by atoms with Crippen molar-refractivity contribution < 1.29 is 36.6 Å². The largest absolute Gasteiger partial charge is 1.00 e. The van der Waals surface area contributed by atoms with E-state index in [0.29, 0.717) is 6.42 Å². The summed E-state index contributed by atoms with van der Waals surface area (Å²) in [5.74, 6) is -0.119. The number of nitrogens with one attached hydrogen (secondary N) is 1. The Bertz CT molecular complexity index is 1090. The van der Waals surface area contributed by atoms with E-state index in [2.05, 4.69) is 82.7 Å². The number of aliphatic hydroxyl groups excluding tert-OH is 2. The van der Waals surface area contributed by atoms with Gasteiger partial charge in [0.05, 0.1) is 18.8 Å². The normalized spacial score (nSPS) is 12.7. The van der Waals surface area contributed by atoms with Crippen molar-refractivity contribution in [3.05, 3.63) is 72.1 Å². The average molecular weight is 701 g/mol. The van der Waals surface area contributed by atoms with Crippen LogP contribution in [-0.4, -0.2) is 49.0 Å². The second-order valence-electron chi connectivity index (χ2n) is 12.6. The predicted molar refractivity (Wildman–Crippen MR) is 190 cm³/mol. The number of rotatable bonds is 25. The lowest BCUT2D eigenvalue weighted by Crippen LogP contribution is -3.00. The number of amides is 1. The molecule has 0 unspecified atom stereocenters. The SMILES string of the molecule is CCCCCCCCCCCCC/C=C/[C@@H](O)[C@H](CO)NC(=O)CCCCC[n+]1ccc(/C=C/c2ccc(N(C)C)cc2)cc1.[Br-]. The van der Waals surface area contributed by atoms with Crippen LogP contribution in [0.4, 0.5) is 5.69 Å². The molecule has 1 aromatic heterocycles. The Labute approximate surface area is 290 Å². The van der Waals surface area contributed by atoms with Crippen LogP contribution in [0.5, 0.6) is 0 Å². The minimum atomic E-state index is -0.871. The third kappa shape index (κ3) is 19.2. The Kier molecular flexibility index (Phi) is 24.0. The third-order valence-corrected chi connectivity index (χ3v) is 8.38. The van der Waals surface area contributed by atoms with Crippen LogP contribution in [0, 0.1) is 0 Å². The number of carbonyl (C=O) groups excluding carboxylic acids is 1. The number of anilines is 1. The van der Waals surface area contributed by atoms with Crippen molar-refractivity contribution in [3.63, 3.8) is 0 Å². The first-order valence-corrected chi connectivity index (χ1v) is 17.6. The lowest BCUT2D eigenvalue weighted by molar-refractivity contribution is -0.697. The Hall–Kier alpha value is -2.48.